The summed E-state index contributed by atoms with van der Waals surface area (Å²) in [6.07, 6.45) is 1.95. The van der Waals surface area contributed by atoms with Crippen LogP contribution in [0.25, 0.3) is 0 Å². The Morgan fingerprint density at radius 1 is 1.19 bits per heavy atom. The minimum Gasteiger partial charge on any atom is -0.484 e. The van der Waals surface area contributed by atoms with E-state index in [0.29, 0.717) is 37.4 Å². The van der Waals surface area contributed by atoms with E-state index in [-0.39, 0.29) is 62.7 Å². The smallest absolute Gasteiger partial charge is 0.434 e. The number of aromatic nitrogens is 2. The molecule has 0 radical (unpaired) electrons. The number of rotatable bonds is 18. The van der Waals surface area contributed by atoms with Crippen LogP contribution in [0.15, 0.2) is 24.4 Å². The number of aliphatic hydroxyl groups excluding tert-OH is 1. The summed E-state index contributed by atoms with van der Waals surface area (Å²) >= 11 is 0. The Bertz CT molecular complexity index is 1060. The molecule has 1 heterocycles. The predicted molar refractivity (Wildman–Crippen MR) is 129 cm³/mol. The molecular formula is C22H30N6O9. The van der Waals surface area contributed by atoms with Crippen molar-refractivity contribution in [3.8, 4) is 5.75 Å². The van der Waals surface area contributed by atoms with E-state index in [0.717, 1.165) is 0 Å². The minimum absolute atomic E-state index is 0.0468. The molecule has 1 aromatic carbocycles. The van der Waals surface area contributed by atoms with Crippen LogP contribution in [0.2, 0.25) is 0 Å². The summed E-state index contributed by atoms with van der Waals surface area (Å²) in [5, 5.41) is 28.0. The van der Waals surface area contributed by atoms with Gasteiger partial charge in [-0.3, -0.25) is 14.4 Å². The molecule has 0 atom stereocenters. The zero-order valence-electron chi connectivity index (χ0n) is 20.3. The maximum absolute atomic E-state index is 12.4. The first-order valence-corrected chi connectivity index (χ1v) is 11.3. The highest BCUT2D eigenvalue weighted by molar-refractivity contribution is 5.95. The van der Waals surface area contributed by atoms with Gasteiger partial charge in [0.2, 0.25) is 18.2 Å². The minimum atomic E-state index is -0.613. The van der Waals surface area contributed by atoms with Crippen molar-refractivity contribution in [3.63, 3.8) is 0 Å². The molecule has 37 heavy (non-hydrogen) atoms. The van der Waals surface area contributed by atoms with Crippen molar-refractivity contribution in [3.05, 3.63) is 45.8 Å². The summed E-state index contributed by atoms with van der Waals surface area (Å²) in [6.45, 7) is 0.877. The van der Waals surface area contributed by atoms with Crippen LogP contribution in [0.3, 0.4) is 0 Å². The van der Waals surface area contributed by atoms with E-state index >= 15 is 0 Å². The standard InChI is InChI=1S/C22H30N6O9/c1-27-17(11-25-22(27)28(33)34)14-37-19-3-2-16(13-29)10-18(19)26-21(32)12-24-20(31)4-6-35-8-9-36-7-5-23-15-30/h2-3,10-11,15,29H,4-9,12-14H2,1H3,(H,23,30)(H,24,31)(H,26,32). The molecule has 0 saturated carbocycles. The van der Waals surface area contributed by atoms with E-state index in [1.165, 1.54) is 23.9 Å². The molecule has 0 fully saturated rings. The lowest BCUT2D eigenvalue weighted by molar-refractivity contribution is -0.396. The second-order valence-corrected chi connectivity index (χ2v) is 7.51. The molecule has 3 amide bonds. The quantitative estimate of drug-likeness (QED) is 0.0867. The highest BCUT2D eigenvalue weighted by Gasteiger charge is 2.18. The van der Waals surface area contributed by atoms with Crippen LogP contribution in [-0.4, -0.2) is 77.3 Å². The highest BCUT2D eigenvalue weighted by Crippen LogP contribution is 2.27. The lowest BCUT2D eigenvalue weighted by Gasteiger charge is -2.14. The number of hydrogen-bond donors (Lipinski definition) is 4. The monoisotopic (exact) mass is 522 g/mol. The van der Waals surface area contributed by atoms with Crippen LogP contribution in [0.1, 0.15) is 17.7 Å². The van der Waals surface area contributed by atoms with E-state index in [1.54, 1.807) is 12.1 Å². The third kappa shape index (κ3) is 10.2. The number of benzene rings is 1. The Labute approximate surface area is 212 Å². The van der Waals surface area contributed by atoms with Gasteiger partial charge in [0.25, 0.3) is 0 Å². The predicted octanol–water partition coefficient (Wildman–Crippen LogP) is -0.376. The van der Waals surface area contributed by atoms with Crippen LogP contribution in [-0.2, 0) is 44.1 Å². The van der Waals surface area contributed by atoms with Crippen molar-refractivity contribution in [2.75, 3.05) is 44.8 Å². The Kier molecular flexibility index (Phi) is 12.5. The largest absolute Gasteiger partial charge is 0.484 e. The van der Waals surface area contributed by atoms with Gasteiger partial charge in [0.15, 0.2) is 5.69 Å². The lowest BCUT2D eigenvalue weighted by atomic mass is 10.2. The molecule has 0 aliphatic heterocycles. The third-order valence-corrected chi connectivity index (χ3v) is 4.87. The van der Waals surface area contributed by atoms with Crippen molar-refractivity contribution in [1.82, 2.24) is 20.2 Å². The number of nitrogens with one attached hydrogen (secondary N) is 3. The lowest BCUT2D eigenvalue weighted by Crippen LogP contribution is -2.33. The average molecular weight is 523 g/mol. The molecule has 1 aromatic heterocycles. The number of amides is 3. The van der Waals surface area contributed by atoms with Crippen molar-refractivity contribution >= 4 is 29.9 Å². The topological polar surface area (TPSA) is 196 Å². The number of anilines is 1. The first-order chi connectivity index (χ1) is 17.8. The van der Waals surface area contributed by atoms with Gasteiger partial charge in [0, 0.05) is 13.0 Å². The van der Waals surface area contributed by atoms with Gasteiger partial charge in [-0.1, -0.05) is 11.1 Å². The Balaban J connectivity index is 1.78. The van der Waals surface area contributed by atoms with Gasteiger partial charge in [-0.25, -0.2) is 4.57 Å². The van der Waals surface area contributed by atoms with Crippen molar-refractivity contribution < 1.29 is 38.6 Å². The van der Waals surface area contributed by atoms with Gasteiger partial charge >= 0.3 is 5.95 Å². The maximum Gasteiger partial charge on any atom is 0.434 e. The van der Waals surface area contributed by atoms with Crippen molar-refractivity contribution in [2.45, 2.75) is 19.6 Å². The number of nitrogens with zero attached hydrogens (tertiary/aromatic N) is 3. The summed E-state index contributed by atoms with van der Waals surface area (Å²) in [7, 11) is 1.48. The summed E-state index contributed by atoms with van der Waals surface area (Å²) < 4.78 is 17.5. The molecule has 0 aliphatic carbocycles. The van der Waals surface area contributed by atoms with E-state index < -0.39 is 10.8 Å². The van der Waals surface area contributed by atoms with E-state index in [4.69, 9.17) is 14.2 Å². The van der Waals surface area contributed by atoms with Crippen molar-refractivity contribution in [1.29, 1.82) is 0 Å². The highest BCUT2D eigenvalue weighted by atomic mass is 16.6. The summed E-state index contributed by atoms with van der Waals surface area (Å²) in [5.41, 5.74) is 1.21. The Hall–Kier alpha value is -4.08. The van der Waals surface area contributed by atoms with Gasteiger partial charge in [-0.05, 0) is 22.6 Å². The Morgan fingerprint density at radius 3 is 2.62 bits per heavy atom. The summed E-state index contributed by atoms with van der Waals surface area (Å²) in [6, 6.07) is 4.67. The third-order valence-electron chi connectivity index (χ3n) is 4.87. The Morgan fingerprint density at radius 2 is 1.95 bits per heavy atom. The number of carbonyl (C=O) groups excluding carboxylic acids is 3. The summed E-state index contributed by atoms with van der Waals surface area (Å²) in [5.74, 6) is -0.980. The normalized spacial score (nSPS) is 10.5. The fraction of sp³-hybridized carbons (Fsp3) is 0.455. The zero-order chi connectivity index (χ0) is 27.0. The second kappa shape index (κ2) is 15.8. The summed E-state index contributed by atoms with van der Waals surface area (Å²) in [4.78, 5) is 48.5. The molecule has 4 N–H and O–H groups in total. The van der Waals surface area contributed by atoms with Gasteiger partial charge in [-0.2, -0.15) is 0 Å². The molecule has 0 bridgehead atoms. The molecule has 0 unspecified atom stereocenters. The number of imidazole rings is 1. The first-order valence-electron chi connectivity index (χ1n) is 11.3. The van der Waals surface area contributed by atoms with Crippen molar-refractivity contribution in [2.24, 2.45) is 7.05 Å². The van der Waals surface area contributed by atoms with E-state index in [1.807, 2.05) is 0 Å². The maximum atomic E-state index is 12.4. The fourth-order valence-electron chi connectivity index (χ4n) is 2.93. The molecule has 15 nitrogen and oxygen atoms in total. The van der Waals surface area contributed by atoms with Gasteiger partial charge in [0.1, 0.15) is 18.6 Å². The van der Waals surface area contributed by atoms with E-state index in [9.17, 15) is 29.6 Å². The van der Waals surface area contributed by atoms with Gasteiger partial charge in [-0.15, -0.1) is 0 Å². The number of hydrogen-bond acceptors (Lipinski definition) is 10. The zero-order valence-corrected chi connectivity index (χ0v) is 20.3. The molecule has 0 saturated heterocycles. The number of aliphatic hydroxyl groups is 1. The van der Waals surface area contributed by atoms with E-state index in [2.05, 4.69) is 20.9 Å². The van der Waals surface area contributed by atoms with Crippen LogP contribution < -0.4 is 20.7 Å². The number of ether oxygens (including phenoxy) is 3. The molecule has 0 spiro atoms. The fourth-order valence-corrected chi connectivity index (χ4v) is 2.93. The SMILES string of the molecule is Cn1c(COc2ccc(CO)cc2NC(=O)CNC(=O)CCOCCOCCNC=O)cnc1[N+](=O)[O-]. The molecule has 202 valence electrons. The molecular weight excluding hydrogens is 492 g/mol. The molecule has 2 rings (SSSR count). The van der Waals surface area contributed by atoms with Crippen LogP contribution >= 0.6 is 0 Å². The average Bonchev–Trinajstić information content (AvgIpc) is 3.26. The number of carbonyl (C=O) groups is 3. The van der Waals surface area contributed by atoms with Crippen LogP contribution in [0, 0.1) is 10.1 Å². The molecule has 15 heteroatoms. The van der Waals surface area contributed by atoms with Crippen LogP contribution in [0.4, 0.5) is 11.6 Å². The molecule has 0 aliphatic rings. The first kappa shape index (κ1) is 29.2. The van der Waals surface area contributed by atoms with Crippen LogP contribution in [0.5, 0.6) is 5.75 Å². The number of nitro groups is 1. The van der Waals surface area contributed by atoms with Gasteiger partial charge in [0.05, 0.1) is 52.3 Å². The van der Waals surface area contributed by atoms with Gasteiger partial charge < -0.3 is 45.4 Å². The second-order valence-electron chi connectivity index (χ2n) is 7.51. The molecule has 2 aromatic rings.